The van der Waals surface area contributed by atoms with Gasteiger partial charge in [-0.15, -0.1) is 0 Å². The quantitative estimate of drug-likeness (QED) is 0.732. The number of sulfonamides is 1. The van der Waals surface area contributed by atoms with E-state index in [2.05, 4.69) is 11.6 Å². The van der Waals surface area contributed by atoms with Crippen LogP contribution in [0, 0.1) is 13.8 Å². The third-order valence-corrected chi connectivity index (χ3v) is 5.70. The predicted octanol–water partition coefficient (Wildman–Crippen LogP) is 3.23. The van der Waals surface area contributed by atoms with Gasteiger partial charge in [-0.25, -0.2) is 13.1 Å². The molecule has 0 atom stereocenters. The molecule has 2 rings (SSSR count). The van der Waals surface area contributed by atoms with Crippen LogP contribution in [0.1, 0.15) is 23.6 Å². The standard InChI is InChI=1S/C19H25NO4S/c1-5-16-6-8-17(9-7-16)24-11-10-20-25(21,22)19-14(2)12-18(23-4)13-15(19)3/h6-9,12-13,20H,5,10-11H2,1-4H3. The number of aryl methyl sites for hydroxylation is 3. The highest BCUT2D eigenvalue weighted by Gasteiger charge is 2.20. The Morgan fingerprint density at radius 2 is 1.60 bits per heavy atom. The fourth-order valence-corrected chi connectivity index (χ4v) is 4.15. The summed E-state index contributed by atoms with van der Waals surface area (Å²) < 4.78 is 38.5. The predicted molar refractivity (Wildman–Crippen MR) is 99.0 cm³/mol. The van der Waals surface area contributed by atoms with Gasteiger partial charge < -0.3 is 9.47 Å². The summed E-state index contributed by atoms with van der Waals surface area (Å²) in [5.74, 6) is 1.38. The molecule has 0 amide bonds. The highest BCUT2D eigenvalue weighted by molar-refractivity contribution is 7.89. The minimum atomic E-state index is -3.60. The van der Waals surface area contributed by atoms with E-state index in [1.807, 2.05) is 24.3 Å². The molecule has 0 heterocycles. The SMILES string of the molecule is CCc1ccc(OCCNS(=O)(=O)c2c(C)cc(OC)cc2C)cc1. The van der Waals surface area contributed by atoms with Crippen LogP contribution in [0.15, 0.2) is 41.3 Å². The zero-order valence-electron chi connectivity index (χ0n) is 15.1. The molecule has 2 aromatic rings. The molecule has 0 radical (unpaired) electrons. The van der Waals surface area contributed by atoms with Gasteiger partial charge in [0.1, 0.15) is 18.1 Å². The lowest BCUT2D eigenvalue weighted by Crippen LogP contribution is -2.29. The van der Waals surface area contributed by atoms with Crippen molar-refractivity contribution in [2.75, 3.05) is 20.3 Å². The van der Waals surface area contributed by atoms with E-state index in [9.17, 15) is 8.42 Å². The third kappa shape index (κ3) is 4.96. The maximum Gasteiger partial charge on any atom is 0.241 e. The molecule has 0 spiro atoms. The number of methoxy groups -OCH3 is 1. The van der Waals surface area contributed by atoms with Crippen molar-refractivity contribution in [1.82, 2.24) is 4.72 Å². The van der Waals surface area contributed by atoms with Crippen molar-refractivity contribution in [1.29, 1.82) is 0 Å². The topological polar surface area (TPSA) is 64.6 Å². The number of rotatable bonds is 8. The van der Waals surface area contributed by atoms with E-state index < -0.39 is 10.0 Å². The summed E-state index contributed by atoms with van der Waals surface area (Å²) in [6.45, 7) is 6.07. The van der Waals surface area contributed by atoms with Crippen molar-refractivity contribution in [3.8, 4) is 11.5 Å². The van der Waals surface area contributed by atoms with Gasteiger partial charge in [0.2, 0.25) is 10.0 Å². The van der Waals surface area contributed by atoms with Crippen LogP contribution in [0.25, 0.3) is 0 Å². The Balaban J connectivity index is 1.97. The van der Waals surface area contributed by atoms with Crippen molar-refractivity contribution < 1.29 is 17.9 Å². The monoisotopic (exact) mass is 363 g/mol. The maximum atomic E-state index is 12.6. The molecule has 2 aromatic carbocycles. The molecule has 0 saturated heterocycles. The van der Waals surface area contributed by atoms with E-state index in [0.29, 0.717) is 21.8 Å². The lowest BCUT2D eigenvalue weighted by Gasteiger charge is -2.14. The van der Waals surface area contributed by atoms with E-state index in [0.717, 1.165) is 12.2 Å². The average molecular weight is 363 g/mol. The molecule has 6 heteroatoms. The van der Waals surface area contributed by atoms with Crippen LogP contribution in [0.3, 0.4) is 0 Å². The lowest BCUT2D eigenvalue weighted by molar-refractivity contribution is 0.322. The zero-order valence-corrected chi connectivity index (χ0v) is 15.9. The van der Waals surface area contributed by atoms with E-state index >= 15 is 0 Å². The summed E-state index contributed by atoms with van der Waals surface area (Å²) in [5.41, 5.74) is 2.54. The van der Waals surface area contributed by atoms with Gasteiger partial charge in [0.05, 0.1) is 12.0 Å². The Kier molecular flexibility index (Phi) is 6.45. The molecule has 1 N–H and O–H groups in total. The van der Waals surface area contributed by atoms with E-state index in [1.165, 1.54) is 5.56 Å². The minimum absolute atomic E-state index is 0.197. The molecule has 136 valence electrons. The van der Waals surface area contributed by atoms with E-state index in [4.69, 9.17) is 9.47 Å². The molecule has 5 nitrogen and oxygen atoms in total. The first-order valence-corrected chi connectivity index (χ1v) is 9.72. The second kappa shape index (κ2) is 8.36. The zero-order chi connectivity index (χ0) is 18.4. The van der Waals surface area contributed by atoms with E-state index in [-0.39, 0.29) is 13.2 Å². The van der Waals surface area contributed by atoms with Gasteiger partial charge in [-0.05, 0) is 61.2 Å². The van der Waals surface area contributed by atoms with Crippen LogP contribution < -0.4 is 14.2 Å². The summed E-state index contributed by atoms with van der Waals surface area (Å²) in [6.07, 6.45) is 0.973. The van der Waals surface area contributed by atoms with Gasteiger partial charge in [-0.2, -0.15) is 0 Å². The molecular formula is C19H25NO4S. The Bertz CT molecular complexity index is 791. The molecule has 25 heavy (non-hydrogen) atoms. The number of hydrogen-bond acceptors (Lipinski definition) is 4. The minimum Gasteiger partial charge on any atom is -0.497 e. The van der Waals surface area contributed by atoms with Crippen LogP contribution in [0.2, 0.25) is 0 Å². The molecule has 0 aliphatic rings. The van der Waals surface area contributed by atoms with Crippen molar-refractivity contribution in [2.24, 2.45) is 0 Å². The summed E-state index contributed by atoms with van der Waals surface area (Å²) in [5, 5.41) is 0. The van der Waals surface area contributed by atoms with Crippen LogP contribution in [-0.4, -0.2) is 28.7 Å². The number of hydrogen-bond donors (Lipinski definition) is 1. The highest BCUT2D eigenvalue weighted by Crippen LogP contribution is 2.25. The molecular weight excluding hydrogens is 338 g/mol. The first-order valence-electron chi connectivity index (χ1n) is 8.24. The van der Waals surface area contributed by atoms with Crippen LogP contribution >= 0.6 is 0 Å². The summed E-state index contributed by atoms with van der Waals surface area (Å²) in [7, 11) is -2.04. The van der Waals surface area contributed by atoms with E-state index in [1.54, 1.807) is 33.1 Å². The molecule has 0 aliphatic heterocycles. The molecule has 0 bridgehead atoms. The van der Waals surface area contributed by atoms with Crippen LogP contribution in [0.5, 0.6) is 11.5 Å². The van der Waals surface area contributed by atoms with Gasteiger partial charge in [-0.1, -0.05) is 19.1 Å². The first-order chi connectivity index (χ1) is 11.9. The largest absolute Gasteiger partial charge is 0.497 e. The normalized spacial score (nSPS) is 11.4. The number of benzene rings is 2. The third-order valence-electron chi connectivity index (χ3n) is 3.93. The van der Waals surface area contributed by atoms with Crippen molar-refractivity contribution >= 4 is 10.0 Å². The summed E-state index contributed by atoms with van der Waals surface area (Å²) in [6, 6.07) is 11.2. The Morgan fingerprint density at radius 3 is 2.12 bits per heavy atom. The lowest BCUT2D eigenvalue weighted by atomic mass is 10.1. The van der Waals surface area contributed by atoms with Gasteiger partial charge in [0.15, 0.2) is 0 Å². The van der Waals surface area contributed by atoms with Gasteiger partial charge >= 0.3 is 0 Å². The van der Waals surface area contributed by atoms with Gasteiger partial charge in [-0.3, -0.25) is 0 Å². The Hall–Kier alpha value is -2.05. The molecule has 0 saturated carbocycles. The molecule has 0 unspecified atom stereocenters. The average Bonchev–Trinajstić information content (AvgIpc) is 2.58. The number of ether oxygens (including phenoxy) is 2. The Labute approximate surface area is 150 Å². The fraction of sp³-hybridized carbons (Fsp3) is 0.368. The first kappa shape index (κ1) is 19.3. The second-order valence-electron chi connectivity index (χ2n) is 5.83. The molecule has 0 aliphatic carbocycles. The van der Waals surface area contributed by atoms with Crippen molar-refractivity contribution in [3.05, 3.63) is 53.1 Å². The summed E-state index contributed by atoms with van der Waals surface area (Å²) >= 11 is 0. The van der Waals surface area contributed by atoms with Crippen molar-refractivity contribution in [3.63, 3.8) is 0 Å². The highest BCUT2D eigenvalue weighted by atomic mass is 32.2. The second-order valence-corrected chi connectivity index (χ2v) is 7.54. The van der Waals surface area contributed by atoms with Gasteiger partial charge in [0.25, 0.3) is 0 Å². The van der Waals surface area contributed by atoms with Crippen LogP contribution in [-0.2, 0) is 16.4 Å². The Morgan fingerprint density at radius 1 is 1.00 bits per heavy atom. The smallest absolute Gasteiger partial charge is 0.241 e. The summed E-state index contributed by atoms with van der Waals surface area (Å²) in [4.78, 5) is 0.292. The van der Waals surface area contributed by atoms with Gasteiger partial charge in [0, 0.05) is 6.54 Å². The maximum absolute atomic E-state index is 12.6. The molecule has 0 aromatic heterocycles. The number of nitrogens with one attached hydrogen (secondary N) is 1. The molecule has 0 fully saturated rings. The van der Waals surface area contributed by atoms with Crippen molar-refractivity contribution in [2.45, 2.75) is 32.1 Å². The fourth-order valence-electron chi connectivity index (χ4n) is 2.69. The van der Waals surface area contributed by atoms with Crippen LogP contribution in [0.4, 0.5) is 0 Å².